The maximum absolute atomic E-state index is 13.0. The van der Waals surface area contributed by atoms with E-state index in [1.54, 1.807) is 13.0 Å². The molecule has 0 aliphatic rings. The third-order valence-corrected chi connectivity index (χ3v) is 2.14. The molecule has 0 fully saturated rings. The first-order chi connectivity index (χ1) is 7.61. The van der Waals surface area contributed by atoms with Crippen molar-refractivity contribution in [2.24, 2.45) is 0 Å². The summed E-state index contributed by atoms with van der Waals surface area (Å²) in [6.45, 7) is 1.86. The number of benzene rings is 1. The average molecular weight is 225 g/mol. The van der Waals surface area contributed by atoms with Crippen LogP contribution in [0.2, 0.25) is 0 Å². The Morgan fingerprint density at radius 1 is 1.38 bits per heavy atom. The van der Waals surface area contributed by atoms with Gasteiger partial charge in [0.25, 0.3) is 0 Å². The summed E-state index contributed by atoms with van der Waals surface area (Å²) >= 11 is 0. The third-order valence-electron chi connectivity index (χ3n) is 2.14. The zero-order chi connectivity index (χ0) is 12.0. The lowest BCUT2D eigenvalue weighted by atomic mass is 10.2. The van der Waals surface area contributed by atoms with Crippen molar-refractivity contribution in [2.45, 2.75) is 26.2 Å². The van der Waals surface area contributed by atoms with Crippen LogP contribution in [-0.2, 0) is 4.79 Å². The Morgan fingerprint density at radius 2 is 2.12 bits per heavy atom. The number of amides is 1. The van der Waals surface area contributed by atoms with Crippen molar-refractivity contribution >= 4 is 11.6 Å². The van der Waals surface area contributed by atoms with Crippen LogP contribution in [0.15, 0.2) is 18.2 Å². The van der Waals surface area contributed by atoms with Crippen LogP contribution in [0.25, 0.3) is 0 Å². The number of hydrogen-bond acceptors (Lipinski definition) is 2. The van der Waals surface area contributed by atoms with E-state index < -0.39 is 0 Å². The predicted octanol–water partition coefficient (Wildman–Crippen LogP) is 2.24. The minimum Gasteiger partial charge on any atom is -0.396 e. The lowest BCUT2D eigenvalue weighted by molar-refractivity contribution is -0.116. The summed E-state index contributed by atoms with van der Waals surface area (Å²) < 4.78 is 13.0. The molecule has 0 bridgehead atoms. The summed E-state index contributed by atoms with van der Waals surface area (Å²) in [6, 6.07) is 4.41. The number of hydrogen-bond donors (Lipinski definition) is 2. The van der Waals surface area contributed by atoms with Crippen LogP contribution in [0.1, 0.15) is 24.8 Å². The highest BCUT2D eigenvalue weighted by molar-refractivity contribution is 5.90. The van der Waals surface area contributed by atoms with Gasteiger partial charge in [-0.15, -0.1) is 0 Å². The summed E-state index contributed by atoms with van der Waals surface area (Å²) in [5.41, 5.74) is 1.25. The van der Waals surface area contributed by atoms with E-state index in [0.29, 0.717) is 24.9 Å². The third kappa shape index (κ3) is 4.40. The number of unbranched alkanes of at least 4 members (excludes halogenated alkanes) is 1. The van der Waals surface area contributed by atoms with E-state index >= 15 is 0 Å². The van der Waals surface area contributed by atoms with E-state index in [1.807, 2.05) is 0 Å². The van der Waals surface area contributed by atoms with Gasteiger partial charge in [0.2, 0.25) is 5.91 Å². The van der Waals surface area contributed by atoms with Gasteiger partial charge in [0.1, 0.15) is 5.82 Å². The second-order valence-corrected chi connectivity index (χ2v) is 3.75. The summed E-state index contributed by atoms with van der Waals surface area (Å²) in [7, 11) is 0. The second-order valence-electron chi connectivity index (χ2n) is 3.75. The first-order valence-corrected chi connectivity index (χ1v) is 5.29. The molecule has 0 aliphatic carbocycles. The Balaban J connectivity index is 2.49. The van der Waals surface area contributed by atoms with Crippen LogP contribution >= 0.6 is 0 Å². The van der Waals surface area contributed by atoms with Gasteiger partial charge in [0.15, 0.2) is 0 Å². The molecule has 16 heavy (non-hydrogen) atoms. The van der Waals surface area contributed by atoms with Gasteiger partial charge in [0, 0.05) is 18.7 Å². The average Bonchev–Trinajstić information content (AvgIpc) is 2.16. The summed E-state index contributed by atoms with van der Waals surface area (Å²) in [5, 5.41) is 11.2. The number of aliphatic hydroxyl groups excluding tert-OH is 1. The van der Waals surface area contributed by atoms with Gasteiger partial charge in [-0.1, -0.05) is 0 Å². The van der Waals surface area contributed by atoms with Gasteiger partial charge in [-0.05, 0) is 43.5 Å². The molecule has 0 spiro atoms. The molecule has 0 radical (unpaired) electrons. The standard InChI is InChI=1S/C12H16FNO2/c1-9-6-10(13)8-11(7-9)14-12(16)4-2-3-5-15/h6-8,15H,2-5H2,1H3,(H,14,16). The molecule has 0 unspecified atom stereocenters. The Kier molecular flexibility index (Phi) is 4.92. The molecule has 0 atom stereocenters. The normalized spacial score (nSPS) is 10.2. The van der Waals surface area contributed by atoms with E-state index in [-0.39, 0.29) is 18.3 Å². The first kappa shape index (κ1) is 12.6. The van der Waals surface area contributed by atoms with Crippen molar-refractivity contribution < 1.29 is 14.3 Å². The molecule has 0 heterocycles. The zero-order valence-corrected chi connectivity index (χ0v) is 9.29. The molecular formula is C12H16FNO2. The fourth-order valence-electron chi connectivity index (χ4n) is 1.43. The fraction of sp³-hybridized carbons (Fsp3) is 0.417. The van der Waals surface area contributed by atoms with E-state index in [0.717, 1.165) is 5.56 Å². The largest absolute Gasteiger partial charge is 0.396 e. The molecule has 0 aromatic heterocycles. The van der Waals surface area contributed by atoms with Gasteiger partial charge in [-0.25, -0.2) is 4.39 Å². The molecule has 1 aromatic rings. The lowest BCUT2D eigenvalue weighted by Gasteiger charge is -2.06. The molecule has 1 rings (SSSR count). The van der Waals surface area contributed by atoms with Crippen molar-refractivity contribution in [3.05, 3.63) is 29.6 Å². The summed E-state index contributed by atoms with van der Waals surface area (Å²) in [6.07, 6.45) is 1.59. The zero-order valence-electron chi connectivity index (χ0n) is 9.29. The number of anilines is 1. The first-order valence-electron chi connectivity index (χ1n) is 5.29. The minimum absolute atomic E-state index is 0.0896. The highest BCUT2D eigenvalue weighted by Gasteiger charge is 2.03. The highest BCUT2D eigenvalue weighted by atomic mass is 19.1. The Hall–Kier alpha value is -1.42. The number of carbonyl (C=O) groups is 1. The maximum atomic E-state index is 13.0. The van der Waals surface area contributed by atoms with E-state index in [4.69, 9.17) is 5.11 Å². The van der Waals surface area contributed by atoms with Gasteiger partial charge in [0.05, 0.1) is 0 Å². The van der Waals surface area contributed by atoms with Gasteiger partial charge >= 0.3 is 0 Å². The van der Waals surface area contributed by atoms with Crippen molar-refractivity contribution in [3.8, 4) is 0 Å². The molecule has 1 aromatic carbocycles. The van der Waals surface area contributed by atoms with Gasteiger partial charge < -0.3 is 10.4 Å². The summed E-state index contributed by atoms with van der Waals surface area (Å²) in [5.74, 6) is -0.510. The highest BCUT2D eigenvalue weighted by Crippen LogP contribution is 2.13. The van der Waals surface area contributed by atoms with E-state index in [2.05, 4.69) is 5.32 Å². The monoisotopic (exact) mass is 225 g/mol. The fourth-order valence-corrected chi connectivity index (χ4v) is 1.43. The number of rotatable bonds is 5. The SMILES string of the molecule is Cc1cc(F)cc(NC(=O)CCCCO)c1. The van der Waals surface area contributed by atoms with Crippen LogP contribution in [0.3, 0.4) is 0 Å². The second kappa shape index (κ2) is 6.23. The number of carbonyl (C=O) groups excluding carboxylic acids is 1. The van der Waals surface area contributed by atoms with Crippen molar-refractivity contribution in [1.29, 1.82) is 0 Å². The Bertz CT molecular complexity index is 346. The molecule has 0 saturated heterocycles. The van der Waals surface area contributed by atoms with Gasteiger partial charge in [-0.3, -0.25) is 4.79 Å². The van der Waals surface area contributed by atoms with Crippen LogP contribution in [0, 0.1) is 12.7 Å². The summed E-state index contributed by atoms with van der Waals surface area (Å²) in [4.78, 5) is 11.4. The lowest BCUT2D eigenvalue weighted by Crippen LogP contribution is -2.11. The molecule has 4 heteroatoms. The van der Waals surface area contributed by atoms with Crippen molar-refractivity contribution in [3.63, 3.8) is 0 Å². The Labute approximate surface area is 94.3 Å². The Morgan fingerprint density at radius 3 is 2.75 bits per heavy atom. The van der Waals surface area contributed by atoms with Crippen molar-refractivity contribution in [1.82, 2.24) is 0 Å². The number of aryl methyl sites for hydroxylation is 1. The van der Waals surface area contributed by atoms with Crippen molar-refractivity contribution in [2.75, 3.05) is 11.9 Å². The molecule has 0 saturated carbocycles. The molecule has 88 valence electrons. The minimum atomic E-state index is -0.356. The molecule has 2 N–H and O–H groups in total. The number of aliphatic hydroxyl groups is 1. The van der Waals surface area contributed by atoms with E-state index in [9.17, 15) is 9.18 Å². The smallest absolute Gasteiger partial charge is 0.224 e. The quantitative estimate of drug-likeness (QED) is 0.755. The molecule has 0 aliphatic heterocycles. The molecular weight excluding hydrogens is 209 g/mol. The van der Waals surface area contributed by atoms with Crippen LogP contribution in [0.4, 0.5) is 10.1 Å². The van der Waals surface area contributed by atoms with Gasteiger partial charge in [-0.2, -0.15) is 0 Å². The number of halogens is 1. The van der Waals surface area contributed by atoms with Crippen LogP contribution in [-0.4, -0.2) is 17.6 Å². The molecule has 3 nitrogen and oxygen atoms in total. The topological polar surface area (TPSA) is 49.3 Å². The van der Waals surface area contributed by atoms with E-state index in [1.165, 1.54) is 12.1 Å². The molecule has 1 amide bonds. The van der Waals surface area contributed by atoms with Crippen LogP contribution < -0.4 is 5.32 Å². The predicted molar refractivity (Wildman–Crippen MR) is 60.7 cm³/mol. The number of nitrogens with one attached hydrogen (secondary N) is 1. The van der Waals surface area contributed by atoms with Crippen LogP contribution in [0.5, 0.6) is 0 Å². The maximum Gasteiger partial charge on any atom is 0.224 e.